The minimum atomic E-state index is -0.807. The highest BCUT2D eigenvalue weighted by Gasteiger charge is 2.18. The second-order valence-corrected chi connectivity index (χ2v) is 5.71. The highest BCUT2D eigenvalue weighted by Crippen LogP contribution is 2.23. The van der Waals surface area contributed by atoms with Crippen LogP contribution < -0.4 is 10.1 Å². The van der Waals surface area contributed by atoms with Crippen LogP contribution in [0.15, 0.2) is 22.7 Å². The van der Waals surface area contributed by atoms with Crippen LogP contribution in [0.25, 0.3) is 0 Å². The number of ether oxygens (including phenoxy) is 1. The van der Waals surface area contributed by atoms with Gasteiger partial charge in [-0.2, -0.15) is 0 Å². The lowest BCUT2D eigenvalue weighted by molar-refractivity contribution is -0.140. The van der Waals surface area contributed by atoms with E-state index in [9.17, 15) is 4.79 Å². The number of aliphatic carboxylic acids is 1. The molecule has 1 rings (SSSR count). The number of nitrogens with one attached hydrogen (secondary N) is 1. The summed E-state index contributed by atoms with van der Waals surface area (Å²) in [6.07, 6.45) is 0.614. The molecule has 0 aromatic heterocycles. The molecule has 4 nitrogen and oxygen atoms in total. The minimum absolute atomic E-state index is 0.341. The zero-order chi connectivity index (χ0) is 14.4. The number of hydrogen-bond acceptors (Lipinski definition) is 3. The SMILES string of the molecule is COc1ccc(CN[C@H](CC(C)C)C(=O)O)c(Br)c1. The lowest BCUT2D eigenvalue weighted by Crippen LogP contribution is -2.37. The lowest BCUT2D eigenvalue weighted by atomic mass is 10.0. The molecule has 19 heavy (non-hydrogen) atoms. The standard InChI is InChI=1S/C14H20BrNO3/c1-9(2)6-13(14(17)18)16-8-10-4-5-11(19-3)7-12(10)15/h4-5,7,9,13,16H,6,8H2,1-3H3,(H,17,18)/t13-/m1/s1. The summed E-state index contributed by atoms with van der Waals surface area (Å²) in [5.41, 5.74) is 1.01. The van der Waals surface area contributed by atoms with Crippen LogP contribution in [0, 0.1) is 5.92 Å². The van der Waals surface area contributed by atoms with E-state index in [4.69, 9.17) is 9.84 Å². The van der Waals surface area contributed by atoms with Crippen LogP contribution in [0.5, 0.6) is 5.75 Å². The molecule has 0 unspecified atom stereocenters. The third-order valence-corrected chi connectivity index (χ3v) is 3.54. The van der Waals surface area contributed by atoms with Gasteiger partial charge in [-0.15, -0.1) is 0 Å². The largest absolute Gasteiger partial charge is 0.497 e. The van der Waals surface area contributed by atoms with Crippen molar-refractivity contribution in [1.29, 1.82) is 0 Å². The number of rotatable bonds is 7. The minimum Gasteiger partial charge on any atom is -0.497 e. The molecule has 2 N–H and O–H groups in total. The van der Waals surface area contributed by atoms with Crippen LogP contribution in [0.4, 0.5) is 0 Å². The number of methoxy groups -OCH3 is 1. The summed E-state index contributed by atoms with van der Waals surface area (Å²) in [6.45, 7) is 4.54. The van der Waals surface area contributed by atoms with Crippen LogP contribution in [0.1, 0.15) is 25.8 Å². The molecule has 0 aliphatic carbocycles. The van der Waals surface area contributed by atoms with Crippen LogP contribution in [0.2, 0.25) is 0 Å². The van der Waals surface area contributed by atoms with E-state index in [0.717, 1.165) is 15.8 Å². The molecule has 1 atom stereocenters. The van der Waals surface area contributed by atoms with Crippen molar-refractivity contribution in [2.24, 2.45) is 5.92 Å². The first-order chi connectivity index (χ1) is 8.93. The van der Waals surface area contributed by atoms with Gasteiger partial charge in [-0.05, 0) is 30.0 Å². The van der Waals surface area contributed by atoms with E-state index in [1.165, 1.54) is 0 Å². The third kappa shape index (κ3) is 5.20. The summed E-state index contributed by atoms with van der Waals surface area (Å²) in [5.74, 6) is 0.304. The van der Waals surface area contributed by atoms with Gasteiger partial charge in [-0.3, -0.25) is 4.79 Å². The highest BCUT2D eigenvalue weighted by atomic mass is 79.9. The molecule has 0 saturated carbocycles. The number of halogens is 1. The molecule has 0 saturated heterocycles. The molecule has 5 heteroatoms. The third-order valence-electron chi connectivity index (χ3n) is 2.80. The average Bonchev–Trinajstić information content (AvgIpc) is 2.34. The van der Waals surface area contributed by atoms with Crippen LogP contribution in [-0.2, 0) is 11.3 Å². The van der Waals surface area contributed by atoms with Crippen molar-refractivity contribution < 1.29 is 14.6 Å². The molecular weight excluding hydrogens is 310 g/mol. The van der Waals surface area contributed by atoms with Crippen molar-refractivity contribution in [3.8, 4) is 5.75 Å². The van der Waals surface area contributed by atoms with Gasteiger partial charge in [0.2, 0.25) is 0 Å². The number of carboxylic acids is 1. The monoisotopic (exact) mass is 329 g/mol. The van der Waals surface area contributed by atoms with E-state index >= 15 is 0 Å². The van der Waals surface area contributed by atoms with Gasteiger partial charge >= 0.3 is 5.97 Å². The Labute approximate surface area is 122 Å². The van der Waals surface area contributed by atoms with Gasteiger partial charge in [-0.1, -0.05) is 35.8 Å². The molecule has 0 spiro atoms. The second-order valence-electron chi connectivity index (χ2n) is 4.86. The summed E-state index contributed by atoms with van der Waals surface area (Å²) in [7, 11) is 1.61. The van der Waals surface area contributed by atoms with E-state index in [1.54, 1.807) is 7.11 Å². The zero-order valence-corrected chi connectivity index (χ0v) is 13.0. The van der Waals surface area contributed by atoms with Gasteiger partial charge in [-0.25, -0.2) is 0 Å². The topological polar surface area (TPSA) is 58.6 Å². The summed E-state index contributed by atoms with van der Waals surface area (Å²) in [6, 6.07) is 5.13. The van der Waals surface area contributed by atoms with Crippen LogP contribution in [-0.4, -0.2) is 24.2 Å². The number of hydrogen-bond donors (Lipinski definition) is 2. The molecule has 0 radical (unpaired) electrons. The zero-order valence-electron chi connectivity index (χ0n) is 11.4. The Kier molecular flexibility index (Phi) is 6.31. The predicted molar refractivity (Wildman–Crippen MR) is 78.4 cm³/mol. The Bertz CT molecular complexity index is 435. The first-order valence-corrected chi connectivity index (χ1v) is 7.02. The van der Waals surface area contributed by atoms with E-state index < -0.39 is 12.0 Å². The highest BCUT2D eigenvalue weighted by molar-refractivity contribution is 9.10. The van der Waals surface area contributed by atoms with Gasteiger partial charge in [0.15, 0.2) is 0 Å². The normalized spacial score (nSPS) is 12.5. The van der Waals surface area contributed by atoms with Crippen molar-refractivity contribution >= 4 is 21.9 Å². The van der Waals surface area contributed by atoms with E-state index in [0.29, 0.717) is 18.9 Å². The van der Waals surface area contributed by atoms with Gasteiger partial charge in [0.05, 0.1) is 7.11 Å². The Hall–Kier alpha value is -1.07. The maximum Gasteiger partial charge on any atom is 0.320 e. The fourth-order valence-corrected chi connectivity index (χ4v) is 2.27. The van der Waals surface area contributed by atoms with E-state index in [-0.39, 0.29) is 0 Å². The Balaban J connectivity index is 2.66. The van der Waals surface area contributed by atoms with Gasteiger partial charge in [0.1, 0.15) is 11.8 Å². The van der Waals surface area contributed by atoms with Gasteiger partial charge in [0.25, 0.3) is 0 Å². The molecule has 0 amide bonds. The average molecular weight is 330 g/mol. The molecule has 1 aromatic rings. The van der Waals surface area contributed by atoms with Crippen molar-refractivity contribution in [2.45, 2.75) is 32.9 Å². The molecule has 106 valence electrons. The summed E-state index contributed by atoms with van der Waals surface area (Å²) in [5, 5.41) is 12.2. The van der Waals surface area contributed by atoms with Crippen LogP contribution in [0.3, 0.4) is 0 Å². The maximum absolute atomic E-state index is 11.1. The molecule has 0 bridgehead atoms. The van der Waals surface area contributed by atoms with Crippen LogP contribution >= 0.6 is 15.9 Å². The van der Waals surface area contributed by atoms with Gasteiger partial charge in [0, 0.05) is 11.0 Å². The predicted octanol–water partition coefficient (Wildman–Crippen LogP) is 3.05. The molecule has 0 fully saturated rings. The molecule has 1 aromatic carbocycles. The van der Waals surface area contributed by atoms with Gasteiger partial charge < -0.3 is 15.2 Å². The second kappa shape index (κ2) is 7.50. The van der Waals surface area contributed by atoms with Crippen molar-refractivity contribution in [3.63, 3.8) is 0 Å². The van der Waals surface area contributed by atoms with Crippen molar-refractivity contribution in [1.82, 2.24) is 5.32 Å². The van der Waals surface area contributed by atoms with E-state index in [1.807, 2.05) is 32.0 Å². The molecule has 0 aliphatic heterocycles. The first kappa shape index (κ1) is 16.0. The Morgan fingerprint density at radius 1 is 1.47 bits per heavy atom. The summed E-state index contributed by atoms with van der Waals surface area (Å²) < 4.78 is 6.03. The molecule has 0 heterocycles. The van der Waals surface area contributed by atoms with Crippen molar-refractivity contribution in [3.05, 3.63) is 28.2 Å². The quantitative estimate of drug-likeness (QED) is 0.807. The van der Waals surface area contributed by atoms with Crippen molar-refractivity contribution in [2.75, 3.05) is 7.11 Å². The number of carboxylic acid groups (broad SMARTS) is 1. The molecule has 0 aliphatic rings. The summed E-state index contributed by atoms with van der Waals surface area (Å²) in [4.78, 5) is 11.1. The summed E-state index contributed by atoms with van der Waals surface area (Å²) >= 11 is 3.46. The number of carbonyl (C=O) groups is 1. The fourth-order valence-electron chi connectivity index (χ4n) is 1.77. The smallest absolute Gasteiger partial charge is 0.320 e. The number of benzene rings is 1. The first-order valence-electron chi connectivity index (χ1n) is 6.22. The van der Waals surface area contributed by atoms with E-state index in [2.05, 4.69) is 21.2 Å². The Morgan fingerprint density at radius 2 is 2.16 bits per heavy atom. The molecular formula is C14H20BrNO3. The fraction of sp³-hybridized carbons (Fsp3) is 0.500. The maximum atomic E-state index is 11.1. The Morgan fingerprint density at radius 3 is 2.63 bits per heavy atom. The lowest BCUT2D eigenvalue weighted by Gasteiger charge is -2.17.